The van der Waals surface area contributed by atoms with Gasteiger partial charge in [-0.1, -0.05) is 35.9 Å². The van der Waals surface area contributed by atoms with E-state index in [9.17, 15) is 13.2 Å². The molecule has 0 fully saturated rings. The van der Waals surface area contributed by atoms with Crippen LogP contribution < -0.4 is 4.74 Å². The van der Waals surface area contributed by atoms with Crippen molar-refractivity contribution in [2.75, 3.05) is 7.11 Å². The van der Waals surface area contributed by atoms with Crippen molar-refractivity contribution in [2.45, 2.75) is 4.90 Å². The number of hydrogen-bond donors (Lipinski definition) is 0. The molecule has 1 aliphatic rings. The van der Waals surface area contributed by atoms with Crippen LogP contribution in [0.1, 0.15) is 15.9 Å². The second-order valence-corrected chi connectivity index (χ2v) is 7.01. The van der Waals surface area contributed by atoms with Gasteiger partial charge in [-0.2, -0.15) is 12.8 Å². The van der Waals surface area contributed by atoms with Gasteiger partial charge in [0, 0.05) is 11.1 Å². The van der Waals surface area contributed by atoms with E-state index in [-0.39, 0.29) is 21.4 Å². The van der Waals surface area contributed by atoms with Gasteiger partial charge in [0.1, 0.15) is 5.75 Å². The van der Waals surface area contributed by atoms with Crippen LogP contribution in [-0.4, -0.2) is 27.0 Å². The van der Waals surface area contributed by atoms with E-state index in [1.165, 1.54) is 37.5 Å². The van der Waals surface area contributed by atoms with Gasteiger partial charge in [0.15, 0.2) is 0 Å². The lowest BCUT2D eigenvalue weighted by Gasteiger charge is -2.14. The van der Waals surface area contributed by atoms with E-state index in [1.54, 1.807) is 24.3 Å². The molecule has 0 unspecified atom stereocenters. The molecule has 2 aromatic rings. The largest absolute Gasteiger partial charge is 0.497 e. The first-order valence-corrected chi connectivity index (χ1v) is 8.74. The summed E-state index contributed by atoms with van der Waals surface area (Å²) >= 11 is 5.92. The highest BCUT2D eigenvalue weighted by Gasteiger charge is 2.25. The number of sulfonamides is 1. The Labute approximate surface area is 144 Å². The molecule has 0 N–H and O–H groups in total. The quantitative estimate of drug-likeness (QED) is 0.841. The van der Waals surface area contributed by atoms with E-state index in [0.29, 0.717) is 16.9 Å². The maximum Gasteiger partial charge on any atom is 0.282 e. The van der Waals surface area contributed by atoms with Gasteiger partial charge in [-0.15, -0.1) is 0 Å². The molecule has 0 atom stereocenters. The Bertz CT molecular complexity index is 976. The molecule has 24 heavy (non-hydrogen) atoms. The number of benzene rings is 2. The average molecular weight is 362 g/mol. The SMILES string of the molecule is COc1ccc(S(=O)(=O)N=C2C=C(Cl)C(=O)c3ccccc32)cc1. The first-order chi connectivity index (χ1) is 11.4. The van der Waals surface area contributed by atoms with Gasteiger partial charge in [-0.3, -0.25) is 4.79 Å². The van der Waals surface area contributed by atoms with E-state index in [4.69, 9.17) is 16.3 Å². The van der Waals surface area contributed by atoms with Crippen LogP contribution in [0.15, 0.2) is 68.9 Å². The third-order valence-corrected chi connectivity index (χ3v) is 5.09. The Hall–Kier alpha value is -2.44. The molecule has 0 bridgehead atoms. The van der Waals surface area contributed by atoms with Crippen molar-refractivity contribution in [3.05, 3.63) is 70.8 Å². The molecule has 0 radical (unpaired) electrons. The first kappa shape index (κ1) is 16.4. The molecule has 0 aliphatic heterocycles. The number of rotatable bonds is 3. The van der Waals surface area contributed by atoms with E-state index < -0.39 is 10.0 Å². The Balaban J connectivity index is 2.10. The molecule has 1 aliphatic carbocycles. The second kappa shape index (κ2) is 6.22. The number of methoxy groups -OCH3 is 1. The van der Waals surface area contributed by atoms with E-state index in [2.05, 4.69) is 4.40 Å². The van der Waals surface area contributed by atoms with Crippen molar-refractivity contribution in [3.63, 3.8) is 0 Å². The zero-order valence-corrected chi connectivity index (χ0v) is 14.1. The number of fused-ring (bicyclic) bond motifs is 1. The summed E-state index contributed by atoms with van der Waals surface area (Å²) < 4.78 is 33.9. The highest BCUT2D eigenvalue weighted by Crippen LogP contribution is 2.25. The summed E-state index contributed by atoms with van der Waals surface area (Å²) in [6, 6.07) is 12.5. The third-order valence-electron chi connectivity index (χ3n) is 3.50. The summed E-state index contributed by atoms with van der Waals surface area (Å²) in [6.07, 6.45) is 1.27. The molecule has 7 heteroatoms. The van der Waals surface area contributed by atoms with Crippen molar-refractivity contribution in [1.29, 1.82) is 0 Å². The van der Waals surface area contributed by atoms with Crippen LogP contribution in [0.4, 0.5) is 0 Å². The van der Waals surface area contributed by atoms with Crippen LogP contribution in [0.2, 0.25) is 0 Å². The van der Waals surface area contributed by atoms with E-state index >= 15 is 0 Å². The molecular weight excluding hydrogens is 350 g/mol. The van der Waals surface area contributed by atoms with Gasteiger partial charge in [-0.25, -0.2) is 0 Å². The van der Waals surface area contributed by atoms with Gasteiger partial charge in [0.2, 0.25) is 5.78 Å². The third kappa shape index (κ3) is 2.98. The lowest BCUT2D eigenvalue weighted by molar-refractivity contribution is 0.104. The van der Waals surface area contributed by atoms with Crippen LogP contribution in [-0.2, 0) is 10.0 Å². The Morgan fingerprint density at radius 3 is 2.25 bits per heavy atom. The summed E-state index contributed by atoms with van der Waals surface area (Å²) in [6.45, 7) is 0. The number of allylic oxidation sites excluding steroid dienone is 2. The van der Waals surface area contributed by atoms with Crippen molar-refractivity contribution < 1.29 is 17.9 Å². The van der Waals surface area contributed by atoms with Gasteiger partial charge in [-0.05, 0) is 30.3 Å². The van der Waals surface area contributed by atoms with Gasteiger partial charge in [0.05, 0.1) is 22.7 Å². The van der Waals surface area contributed by atoms with Gasteiger partial charge >= 0.3 is 0 Å². The predicted molar refractivity (Wildman–Crippen MR) is 91.4 cm³/mol. The fourth-order valence-electron chi connectivity index (χ4n) is 2.30. The molecule has 0 spiro atoms. The minimum Gasteiger partial charge on any atom is -0.497 e. The number of carbonyl (C=O) groups excluding carboxylic acids is 1. The molecule has 0 aromatic heterocycles. The van der Waals surface area contributed by atoms with E-state index in [0.717, 1.165) is 0 Å². The number of ether oxygens (including phenoxy) is 1. The lowest BCUT2D eigenvalue weighted by Crippen LogP contribution is -2.16. The molecule has 2 aromatic carbocycles. The Morgan fingerprint density at radius 1 is 1.00 bits per heavy atom. The van der Waals surface area contributed by atoms with Crippen LogP contribution in [0.3, 0.4) is 0 Å². The number of halogens is 1. The normalized spacial score (nSPS) is 15.8. The van der Waals surface area contributed by atoms with Gasteiger partial charge < -0.3 is 4.74 Å². The highest BCUT2D eigenvalue weighted by atomic mass is 35.5. The zero-order chi connectivity index (χ0) is 17.3. The fourth-order valence-corrected chi connectivity index (χ4v) is 3.50. The van der Waals surface area contributed by atoms with Crippen LogP contribution in [0.5, 0.6) is 5.75 Å². The molecule has 0 amide bonds. The minimum absolute atomic E-state index is 0.0229. The fraction of sp³-hybridized carbons (Fsp3) is 0.0588. The molecule has 0 heterocycles. The number of nitrogens with zero attached hydrogens (tertiary/aromatic N) is 1. The van der Waals surface area contributed by atoms with Gasteiger partial charge in [0.25, 0.3) is 10.0 Å². The molecule has 0 saturated carbocycles. The molecular formula is C17H12ClNO4S. The van der Waals surface area contributed by atoms with Crippen molar-refractivity contribution in [2.24, 2.45) is 4.40 Å². The number of carbonyl (C=O) groups is 1. The standard InChI is InChI=1S/C17H12ClNO4S/c1-23-11-6-8-12(9-7-11)24(21,22)19-16-10-15(18)17(20)14-5-3-2-4-13(14)16/h2-10H,1H3. The summed E-state index contributed by atoms with van der Waals surface area (Å²) in [5.74, 6) is 0.186. The minimum atomic E-state index is -3.95. The van der Waals surface area contributed by atoms with Crippen molar-refractivity contribution in [1.82, 2.24) is 0 Å². The van der Waals surface area contributed by atoms with Crippen molar-refractivity contribution in [3.8, 4) is 5.75 Å². The van der Waals surface area contributed by atoms with Crippen molar-refractivity contribution >= 4 is 33.1 Å². The monoisotopic (exact) mass is 361 g/mol. The first-order valence-electron chi connectivity index (χ1n) is 6.93. The summed E-state index contributed by atoms with van der Waals surface area (Å²) in [7, 11) is -2.46. The van der Waals surface area contributed by atoms with Crippen LogP contribution in [0, 0.1) is 0 Å². The van der Waals surface area contributed by atoms with Crippen LogP contribution >= 0.6 is 11.6 Å². The Morgan fingerprint density at radius 2 is 1.62 bits per heavy atom. The van der Waals surface area contributed by atoms with Crippen LogP contribution in [0.25, 0.3) is 0 Å². The summed E-state index contributed by atoms with van der Waals surface area (Å²) in [4.78, 5) is 12.1. The second-order valence-electron chi connectivity index (χ2n) is 4.99. The molecule has 122 valence electrons. The lowest BCUT2D eigenvalue weighted by atomic mass is 9.94. The predicted octanol–water partition coefficient (Wildman–Crippen LogP) is 3.19. The molecule has 5 nitrogen and oxygen atoms in total. The number of hydrogen-bond acceptors (Lipinski definition) is 4. The number of Topliss-reactive ketones (excluding diaryl/α,β-unsaturated/α-hetero) is 1. The summed E-state index contributed by atoms with van der Waals surface area (Å²) in [5, 5.41) is -0.0719. The molecule has 3 rings (SSSR count). The maximum absolute atomic E-state index is 12.5. The summed E-state index contributed by atoms with van der Waals surface area (Å²) in [5.41, 5.74) is 0.892. The number of ketones is 1. The highest BCUT2D eigenvalue weighted by molar-refractivity contribution is 7.90. The maximum atomic E-state index is 12.5. The molecule has 0 saturated heterocycles. The average Bonchev–Trinajstić information content (AvgIpc) is 2.59. The Kier molecular flexibility index (Phi) is 4.26. The zero-order valence-electron chi connectivity index (χ0n) is 12.6. The topological polar surface area (TPSA) is 72.8 Å². The van der Waals surface area contributed by atoms with E-state index in [1.807, 2.05) is 0 Å². The smallest absolute Gasteiger partial charge is 0.282 e.